The van der Waals surface area contributed by atoms with Gasteiger partial charge in [0.1, 0.15) is 11.6 Å². The number of fused-ring (bicyclic) bond motifs is 10. The van der Waals surface area contributed by atoms with Crippen molar-refractivity contribution < 1.29 is 38.1 Å². The van der Waals surface area contributed by atoms with Gasteiger partial charge in [0.05, 0.1) is 55.0 Å². The van der Waals surface area contributed by atoms with Gasteiger partial charge in [0.15, 0.2) is 5.78 Å². The van der Waals surface area contributed by atoms with Crippen LogP contribution in [0.4, 0.5) is 8.78 Å². The van der Waals surface area contributed by atoms with Crippen molar-refractivity contribution in [2.45, 2.75) is 175 Å². The first-order valence-corrected chi connectivity index (χ1v) is 26.5. The third-order valence-electron chi connectivity index (χ3n) is 20.6. The van der Waals surface area contributed by atoms with Crippen LogP contribution < -0.4 is 0 Å². The van der Waals surface area contributed by atoms with Crippen molar-refractivity contribution in [1.82, 2.24) is 9.55 Å². The van der Waals surface area contributed by atoms with E-state index in [0.717, 1.165) is 89.8 Å². The molecule has 0 bridgehead atoms. The molecule has 2 heterocycles. The highest BCUT2D eigenvalue weighted by Crippen LogP contribution is 2.70. The van der Waals surface area contributed by atoms with Crippen LogP contribution in [0.5, 0.6) is 0 Å². The number of aromatic nitrogens is 2. The van der Waals surface area contributed by atoms with Crippen LogP contribution in [-0.2, 0) is 25.6 Å². The largest absolute Gasteiger partial charge is 0.390 e. The van der Waals surface area contributed by atoms with E-state index in [0.29, 0.717) is 59.0 Å². The Morgan fingerprint density at radius 2 is 1.21 bits per heavy atom. The van der Waals surface area contributed by atoms with E-state index in [1.165, 1.54) is 69.9 Å². The number of ether oxygens (including phenoxy) is 2. The van der Waals surface area contributed by atoms with Gasteiger partial charge in [0.25, 0.3) is 0 Å². The van der Waals surface area contributed by atoms with Gasteiger partial charge in [-0.05, 0) is 198 Å². The Kier molecular flexibility index (Phi) is 15.8. The molecule has 0 aromatic carbocycles. The van der Waals surface area contributed by atoms with Gasteiger partial charge in [-0.1, -0.05) is 37.2 Å². The quantitative estimate of drug-likeness (QED) is 0.236. The second kappa shape index (κ2) is 20.1. The Labute approximate surface area is 403 Å². The zero-order valence-corrected chi connectivity index (χ0v) is 41.9. The normalized spacial score (nSPS) is 45.1. The van der Waals surface area contributed by atoms with E-state index < -0.39 is 17.1 Å². The molecule has 0 unspecified atom stereocenters. The number of rotatable bonds is 9. The van der Waals surface area contributed by atoms with Crippen molar-refractivity contribution in [3.63, 3.8) is 0 Å². The van der Waals surface area contributed by atoms with E-state index in [4.69, 9.17) is 9.47 Å². The number of ketones is 2. The maximum Gasteiger partial charge on any atom is 0.230 e. The van der Waals surface area contributed by atoms with Crippen molar-refractivity contribution in [2.75, 3.05) is 32.8 Å². The minimum Gasteiger partial charge on any atom is -0.390 e. The molecule has 0 saturated heterocycles. The summed E-state index contributed by atoms with van der Waals surface area (Å²) in [6, 6.07) is 0. The number of aliphatic imine (C=N–C) groups is 1. The highest BCUT2D eigenvalue weighted by Gasteiger charge is 2.65. The lowest BCUT2D eigenvalue weighted by molar-refractivity contribution is -0.175. The summed E-state index contributed by atoms with van der Waals surface area (Å²) in [7, 11) is 3.69. The Bertz CT molecular complexity index is 1940. The molecule has 372 valence electrons. The summed E-state index contributed by atoms with van der Waals surface area (Å²) in [5, 5.41) is 22.0. The first-order valence-electron chi connectivity index (χ1n) is 25.4. The summed E-state index contributed by atoms with van der Waals surface area (Å²) in [4.78, 5) is 33.0. The number of nitrogens with zero attached hydrogens (tertiary/aromatic N) is 3. The monoisotopic (exact) mass is 988 g/mol. The lowest BCUT2D eigenvalue weighted by Gasteiger charge is -2.62. The number of halogens is 3. The fraction of sp³-hybridized carbons (Fsp3) is 0.852. The number of allylic oxidation sites excluding steroid dienone is 1. The van der Waals surface area contributed by atoms with Crippen LogP contribution >= 0.6 is 15.9 Å². The maximum absolute atomic E-state index is 13.3. The van der Waals surface area contributed by atoms with Gasteiger partial charge in [-0.15, -0.1) is 0 Å². The number of carbonyl (C=O) groups is 2. The van der Waals surface area contributed by atoms with Crippen LogP contribution in [0.1, 0.15) is 157 Å². The number of methoxy groups -OCH3 is 2. The Balaban J connectivity index is 0.000000174. The molecule has 9 aliphatic rings. The first-order chi connectivity index (χ1) is 30.8. The standard InChI is InChI=1S/C26H39FN2O3.C23H37BrO3.C4H4FN.CH4/c1-24(31)10-11-26(15-32-3)17(12-24)4-5-18-19-6-7-21(25(19,2)9-8-20(18)26)22(30)13-29-14-23(27)28-16-29;1-21(26)10-11-23(14-27-3)15(12-21)4-5-16-17-6-7-19(20(25)13-24)22(17,2)9-8-18(16)23;5-4-1-2-6-3-4;/h14,16-21,31H,4-13,15H2,1-3H3;15-19,26H,4-14H2,1-3H3;2-3H,1H2;1H4/t17-,18-,19-,20-,21+,24+,25-,26+;15-,16-,17-,18-,19+,21+,22-,23+;;/m00../s1. The molecule has 2 N–H and O–H groups in total. The predicted octanol–water partition coefficient (Wildman–Crippen LogP) is 11.5. The van der Waals surface area contributed by atoms with Gasteiger partial charge in [0, 0.05) is 38.7 Å². The molecule has 8 saturated carbocycles. The summed E-state index contributed by atoms with van der Waals surface area (Å²) in [6.45, 7) is 10.7. The zero-order valence-electron chi connectivity index (χ0n) is 40.3. The summed E-state index contributed by atoms with van der Waals surface area (Å²) >= 11 is 3.43. The second-order valence-electron chi connectivity index (χ2n) is 23.9. The molecule has 1 aliphatic heterocycles. The molecule has 8 fully saturated rings. The van der Waals surface area contributed by atoms with Crippen LogP contribution in [0, 0.1) is 86.8 Å². The van der Waals surface area contributed by atoms with Crippen LogP contribution in [0.3, 0.4) is 0 Å². The molecule has 12 heteroatoms. The lowest BCUT2D eigenvalue weighted by atomic mass is 9.43. The van der Waals surface area contributed by atoms with Crippen molar-refractivity contribution in [2.24, 2.45) is 85.8 Å². The number of hydrogen-bond donors (Lipinski definition) is 2. The van der Waals surface area contributed by atoms with Crippen molar-refractivity contribution >= 4 is 33.7 Å². The third kappa shape index (κ3) is 9.53. The molecule has 66 heavy (non-hydrogen) atoms. The number of imidazole rings is 1. The summed E-state index contributed by atoms with van der Waals surface area (Å²) in [6.07, 6.45) is 25.6. The molecule has 10 rings (SSSR count). The SMILES string of the molecule is C.COC[C@]12CC[C@@](C)(O)C[C@@H]1CC[C@H]1[C@@H]3CC[C@H](C(=O)CBr)[C@@]3(C)CC[C@@H]12.COC[C@]12CC[C@@](C)(O)C[C@@H]1CC[C@H]1[C@@H]3CC[C@H](C(=O)Cn4cnc(F)c4)[C@@]3(C)CC[C@@H]12.FC1=CN=CC1. The molecule has 1 aromatic heterocycles. The lowest BCUT2D eigenvalue weighted by Crippen LogP contribution is -2.58. The summed E-state index contributed by atoms with van der Waals surface area (Å²) < 4.78 is 38.2. The highest BCUT2D eigenvalue weighted by atomic mass is 79.9. The van der Waals surface area contributed by atoms with E-state index in [1.807, 2.05) is 28.1 Å². The van der Waals surface area contributed by atoms with Gasteiger partial charge in [0.2, 0.25) is 5.95 Å². The van der Waals surface area contributed by atoms with Crippen molar-refractivity contribution in [3.8, 4) is 0 Å². The molecule has 1 aromatic rings. The van der Waals surface area contributed by atoms with Crippen LogP contribution in [-0.4, -0.2) is 81.5 Å². The molecule has 16 atom stereocenters. The Hall–Kier alpha value is -1.86. The average molecular weight is 989 g/mol. The number of hydrogen-bond acceptors (Lipinski definition) is 8. The van der Waals surface area contributed by atoms with Crippen LogP contribution in [0.25, 0.3) is 0 Å². The predicted molar refractivity (Wildman–Crippen MR) is 259 cm³/mol. The van der Waals surface area contributed by atoms with Crippen molar-refractivity contribution in [1.29, 1.82) is 0 Å². The smallest absolute Gasteiger partial charge is 0.230 e. The third-order valence-corrected chi connectivity index (χ3v) is 21.1. The minimum atomic E-state index is -0.546. The second-order valence-corrected chi connectivity index (χ2v) is 24.5. The molecule has 9 nitrogen and oxygen atoms in total. The average Bonchev–Trinajstić information content (AvgIpc) is 4.07. The zero-order chi connectivity index (χ0) is 46.6. The van der Waals surface area contributed by atoms with Gasteiger partial charge in [-0.25, -0.2) is 9.37 Å². The van der Waals surface area contributed by atoms with Crippen molar-refractivity contribution in [3.05, 3.63) is 30.5 Å². The van der Waals surface area contributed by atoms with E-state index in [1.54, 1.807) is 4.57 Å². The molecule has 0 radical (unpaired) electrons. The number of carbonyl (C=O) groups excluding carboxylic acids is 2. The minimum absolute atomic E-state index is 0. The van der Waals surface area contributed by atoms with E-state index in [2.05, 4.69) is 39.8 Å². The van der Waals surface area contributed by atoms with Gasteiger partial charge in [-0.2, -0.15) is 4.39 Å². The molecule has 8 aliphatic carbocycles. The number of Topliss-reactive ketones (excluding diaryl/α,β-unsaturated/α-hetero) is 2. The van der Waals surface area contributed by atoms with Gasteiger partial charge in [-0.3, -0.25) is 14.6 Å². The van der Waals surface area contributed by atoms with Crippen LogP contribution in [0.15, 0.2) is 29.5 Å². The van der Waals surface area contributed by atoms with E-state index in [-0.39, 0.29) is 59.1 Å². The summed E-state index contributed by atoms with van der Waals surface area (Å²) in [5.41, 5.74) is -0.378. The highest BCUT2D eigenvalue weighted by molar-refractivity contribution is 9.09. The van der Waals surface area contributed by atoms with Crippen LogP contribution in [0.2, 0.25) is 0 Å². The molecule has 0 amide bonds. The number of alkyl halides is 1. The Morgan fingerprint density at radius 1 is 0.712 bits per heavy atom. The van der Waals surface area contributed by atoms with E-state index in [9.17, 15) is 28.6 Å². The number of aliphatic hydroxyl groups is 2. The molecule has 0 spiro atoms. The molecular weight excluding hydrogens is 905 g/mol. The van der Waals surface area contributed by atoms with E-state index >= 15 is 0 Å². The van der Waals surface area contributed by atoms with Gasteiger partial charge < -0.3 is 24.3 Å². The van der Waals surface area contributed by atoms with Gasteiger partial charge >= 0.3 is 0 Å². The Morgan fingerprint density at radius 3 is 1.61 bits per heavy atom. The fourth-order valence-corrected chi connectivity index (χ4v) is 18.1. The maximum atomic E-state index is 13.3. The summed E-state index contributed by atoms with van der Waals surface area (Å²) in [5.74, 6) is 5.43. The topological polar surface area (TPSA) is 123 Å². The molecular formula is C54H84BrF2N3O6. The fourth-order valence-electron chi connectivity index (χ4n) is 17.8. The first kappa shape index (κ1) is 52.0.